The molecular weight excluding hydrogens is 316 g/mol. The first-order valence-corrected chi connectivity index (χ1v) is 8.60. The van der Waals surface area contributed by atoms with Crippen LogP contribution < -0.4 is 5.32 Å². The highest BCUT2D eigenvalue weighted by atomic mass is 16.5. The normalized spacial score (nSPS) is 15.6. The first-order chi connectivity index (χ1) is 12.2. The Morgan fingerprint density at radius 2 is 1.92 bits per heavy atom. The van der Waals surface area contributed by atoms with Crippen molar-refractivity contribution in [1.29, 1.82) is 0 Å². The van der Waals surface area contributed by atoms with Gasteiger partial charge in [0.25, 0.3) is 0 Å². The number of carbonyl (C=O) groups excluding carboxylic acids is 1. The summed E-state index contributed by atoms with van der Waals surface area (Å²) in [5, 5.41) is 2.94. The number of nitrogens with one attached hydrogen (secondary N) is 1. The molecule has 1 aromatic carbocycles. The van der Waals surface area contributed by atoms with Crippen LogP contribution in [0.1, 0.15) is 22.6 Å². The average Bonchev–Trinajstić information content (AvgIpc) is 3.05. The summed E-state index contributed by atoms with van der Waals surface area (Å²) in [6.45, 7) is 6.75. The fourth-order valence-corrected chi connectivity index (χ4v) is 2.83. The van der Waals surface area contributed by atoms with Gasteiger partial charge in [-0.25, -0.2) is 0 Å². The van der Waals surface area contributed by atoms with Crippen LogP contribution in [0.15, 0.2) is 46.9 Å². The van der Waals surface area contributed by atoms with Gasteiger partial charge in [0.2, 0.25) is 5.91 Å². The summed E-state index contributed by atoms with van der Waals surface area (Å²) < 4.78 is 10.8. The maximum atomic E-state index is 12.0. The number of amides is 1. The van der Waals surface area contributed by atoms with Crippen molar-refractivity contribution >= 4 is 12.0 Å². The Bertz CT molecular complexity index is 730. The summed E-state index contributed by atoms with van der Waals surface area (Å²) in [5.41, 5.74) is 2.39. The van der Waals surface area contributed by atoms with E-state index in [1.54, 1.807) is 6.08 Å². The maximum absolute atomic E-state index is 12.0. The van der Waals surface area contributed by atoms with Crippen LogP contribution in [0.4, 0.5) is 0 Å². The van der Waals surface area contributed by atoms with Crippen LogP contribution in [0.5, 0.6) is 0 Å². The zero-order chi connectivity index (χ0) is 17.5. The van der Waals surface area contributed by atoms with Gasteiger partial charge in [0, 0.05) is 32.3 Å². The molecule has 0 atom stereocenters. The second-order valence-electron chi connectivity index (χ2n) is 6.16. The van der Waals surface area contributed by atoms with Gasteiger partial charge < -0.3 is 14.5 Å². The van der Waals surface area contributed by atoms with Crippen molar-refractivity contribution < 1.29 is 13.9 Å². The summed E-state index contributed by atoms with van der Waals surface area (Å²) in [7, 11) is 0. The standard InChI is InChI=1S/C20H24N2O3/c1-16-6-7-19(25-16)8-9-20(23)21-14-17-4-2-3-5-18(17)15-22-10-12-24-13-11-22/h2-9H,10-15H2,1H3,(H,21,23)/b9-8+. The van der Waals surface area contributed by atoms with Crippen LogP contribution in [0.2, 0.25) is 0 Å². The minimum atomic E-state index is -0.129. The van der Waals surface area contributed by atoms with E-state index in [2.05, 4.69) is 22.3 Å². The summed E-state index contributed by atoms with van der Waals surface area (Å²) in [4.78, 5) is 14.4. The van der Waals surface area contributed by atoms with Gasteiger partial charge in [0.15, 0.2) is 0 Å². The van der Waals surface area contributed by atoms with Gasteiger partial charge in [0.1, 0.15) is 11.5 Å². The van der Waals surface area contributed by atoms with E-state index >= 15 is 0 Å². The lowest BCUT2D eigenvalue weighted by Gasteiger charge is -2.27. The molecule has 1 aliphatic heterocycles. The van der Waals surface area contributed by atoms with Crippen molar-refractivity contribution in [3.05, 3.63) is 65.1 Å². The molecule has 3 rings (SSSR count). The molecule has 0 saturated carbocycles. The number of hydrogen-bond donors (Lipinski definition) is 1. The summed E-state index contributed by atoms with van der Waals surface area (Å²) >= 11 is 0. The zero-order valence-electron chi connectivity index (χ0n) is 14.5. The van der Waals surface area contributed by atoms with E-state index in [0.717, 1.165) is 44.2 Å². The van der Waals surface area contributed by atoms with Crippen molar-refractivity contribution in [3.8, 4) is 0 Å². The molecule has 0 unspecified atom stereocenters. The monoisotopic (exact) mass is 340 g/mol. The number of benzene rings is 1. The average molecular weight is 340 g/mol. The van der Waals surface area contributed by atoms with E-state index < -0.39 is 0 Å². The van der Waals surface area contributed by atoms with Crippen LogP contribution >= 0.6 is 0 Å². The number of carbonyl (C=O) groups is 1. The van der Waals surface area contributed by atoms with Crippen molar-refractivity contribution in [3.63, 3.8) is 0 Å². The Morgan fingerprint density at radius 1 is 1.16 bits per heavy atom. The Labute approximate surface area is 148 Å². The van der Waals surface area contributed by atoms with Crippen LogP contribution in [0, 0.1) is 6.92 Å². The van der Waals surface area contributed by atoms with Crippen molar-refractivity contribution in [1.82, 2.24) is 10.2 Å². The van der Waals surface area contributed by atoms with Gasteiger partial charge in [-0.2, -0.15) is 0 Å². The predicted molar refractivity (Wildman–Crippen MR) is 96.9 cm³/mol. The number of furan rings is 1. The Morgan fingerprint density at radius 3 is 2.64 bits per heavy atom. The third-order valence-electron chi connectivity index (χ3n) is 4.23. The second kappa shape index (κ2) is 8.65. The molecule has 0 spiro atoms. The van der Waals surface area contributed by atoms with Crippen LogP contribution in [0.25, 0.3) is 6.08 Å². The maximum Gasteiger partial charge on any atom is 0.244 e. The van der Waals surface area contributed by atoms with E-state index in [-0.39, 0.29) is 5.91 Å². The molecule has 0 radical (unpaired) electrons. The van der Waals surface area contributed by atoms with Crippen molar-refractivity contribution in [2.75, 3.05) is 26.3 Å². The molecule has 2 aromatic rings. The number of aryl methyl sites for hydroxylation is 1. The summed E-state index contributed by atoms with van der Waals surface area (Å²) in [6, 6.07) is 12.0. The quantitative estimate of drug-likeness (QED) is 0.822. The van der Waals surface area contributed by atoms with Gasteiger partial charge >= 0.3 is 0 Å². The fraction of sp³-hybridized carbons (Fsp3) is 0.350. The molecule has 1 amide bonds. The number of rotatable bonds is 6. The first-order valence-electron chi connectivity index (χ1n) is 8.60. The molecule has 1 fully saturated rings. The topological polar surface area (TPSA) is 54.7 Å². The van der Waals surface area contributed by atoms with Crippen LogP contribution in [0.3, 0.4) is 0 Å². The minimum absolute atomic E-state index is 0.129. The molecule has 0 aliphatic carbocycles. The van der Waals surface area contributed by atoms with Crippen LogP contribution in [-0.4, -0.2) is 37.1 Å². The SMILES string of the molecule is Cc1ccc(/C=C/C(=O)NCc2ccccc2CN2CCOCC2)o1. The molecule has 0 bridgehead atoms. The Hall–Kier alpha value is -2.37. The lowest BCUT2D eigenvalue weighted by molar-refractivity contribution is -0.116. The largest absolute Gasteiger partial charge is 0.462 e. The highest BCUT2D eigenvalue weighted by Crippen LogP contribution is 2.13. The second-order valence-corrected chi connectivity index (χ2v) is 6.16. The van der Waals surface area contributed by atoms with Gasteiger partial charge in [-0.05, 0) is 36.3 Å². The molecule has 5 nitrogen and oxygen atoms in total. The molecule has 132 valence electrons. The fourth-order valence-electron chi connectivity index (χ4n) is 2.83. The molecule has 1 N–H and O–H groups in total. The van der Waals surface area contributed by atoms with Gasteiger partial charge in [0.05, 0.1) is 13.2 Å². The molecule has 25 heavy (non-hydrogen) atoms. The molecule has 5 heteroatoms. The number of hydrogen-bond acceptors (Lipinski definition) is 4. The van der Waals surface area contributed by atoms with E-state index in [9.17, 15) is 4.79 Å². The van der Waals surface area contributed by atoms with E-state index in [4.69, 9.17) is 9.15 Å². The predicted octanol–water partition coefficient (Wildman–Crippen LogP) is 2.75. The summed E-state index contributed by atoms with van der Waals surface area (Å²) in [6.07, 6.45) is 3.19. The third kappa shape index (κ3) is 5.31. The lowest BCUT2D eigenvalue weighted by Crippen LogP contribution is -2.36. The number of morpholine rings is 1. The van der Waals surface area contributed by atoms with E-state index in [0.29, 0.717) is 12.3 Å². The number of ether oxygens (including phenoxy) is 1. The molecule has 1 aliphatic rings. The summed E-state index contributed by atoms with van der Waals surface area (Å²) in [5.74, 6) is 1.38. The number of nitrogens with zero attached hydrogens (tertiary/aromatic N) is 1. The highest BCUT2D eigenvalue weighted by Gasteiger charge is 2.12. The highest BCUT2D eigenvalue weighted by molar-refractivity contribution is 5.91. The first kappa shape index (κ1) is 17.5. The smallest absolute Gasteiger partial charge is 0.244 e. The molecule has 1 saturated heterocycles. The van der Waals surface area contributed by atoms with Crippen LogP contribution in [-0.2, 0) is 22.6 Å². The van der Waals surface area contributed by atoms with Crippen molar-refractivity contribution in [2.45, 2.75) is 20.0 Å². The Kier molecular flexibility index (Phi) is 6.04. The van der Waals surface area contributed by atoms with Gasteiger partial charge in [-0.3, -0.25) is 9.69 Å². The minimum Gasteiger partial charge on any atom is -0.462 e. The lowest BCUT2D eigenvalue weighted by atomic mass is 10.1. The van der Waals surface area contributed by atoms with E-state index in [1.807, 2.05) is 31.2 Å². The molecular formula is C20H24N2O3. The molecule has 1 aromatic heterocycles. The van der Waals surface area contributed by atoms with Gasteiger partial charge in [-0.15, -0.1) is 0 Å². The zero-order valence-corrected chi connectivity index (χ0v) is 14.5. The third-order valence-corrected chi connectivity index (χ3v) is 4.23. The van der Waals surface area contributed by atoms with E-state index in [1.165, 1.54) is 11.6 Å². The van der Waals surface area contributed by atoms with Crippen molar-refractivity contribution in [2.24, 2.45) is 0 Å². The Balaban J connectivity index is 1.55. The van der Waals surface area contributed by atoms with Gasteiger partial charge in [-0.1, -0.05) is 24.3 Å². The molecule has 2 heterocycles.